The first-order chi connectivity index (χ1) is 13.2. The van der Waals surface area contributed by atoms with Gasteiger partial charge in [-0.15, -0.1) is 0 Å². The van der Waals surface area contributed by atoms with E-state index in [1.54, 1.807) is 6.20 Å². The van der Waals surface area contributed by atoms with Crippen molar-refractivity contribution in [1.82, 2.24) is 24.5 Å². The van der Waals surface area contributed by atoms with Crippen LogP contribution in [0.4, 0.5) is 5.82 Å². The van der Waals surface area contributed by atoms with Gasteiger partial charge >= 0.3 is 0 Å². The summed E-state index contributed by atoms with van der Waals surface area (Å²) >= 11 is 0. The van der Waals surface area contributed by atoms with E-state index in [0.717, 1.165) is 55.7 Å². The van der Waals surface area contributed by atoms with Gasteiger partial charge in [-0.25, -0.2) is 4.98 Å². The summed E-state index contributed by atoms with van der Waals surface area (Å²) in [6.07, 6.45) is 3.65. The second kappa shape index (κ2) is 8.02. The molecule has 3 aromatic rings. The molecule has 0 spiro atoms. The predicted molar refractivity (Wildman–Crippen MR) is 105 cm³/mol. The summed E-state index contributed by atoms with van der Waals surface area (Å²) in [6, 6.07) is 10.3. The fraction of sp³-hybridized carbons (Fsp3) is 0.450. The molecule has 1 N–H and O–H groups in total. The molecule has 0 unspecified atom stereocenters. The van der Waals surface area contributed by atoms with Crippen LogP contribution in [-0.2, 0) is 4.74 Å². The minimum Gasteiger partial charge on any atom is -0.379 e. The average molecular weight is 366 g/mol. The third-order valence-corrected chi connectivity index (χ3v) is 4.96. The van der Waals surface area contributed by atoms with Crippen molar-refractivity contribution in [3.63, 3.8) is 0 Å². The number of nitrogens with one attached hydrogen (secondary N) is 1. The number of fused-ring (bicyclic) bond motifs is 1. The lowest BCUT2D eigenvalue weighted by atomic mass is 10.1. The molecule has 1 saturated heterocycles. The quantitative estimate of drug-likeness (QED) is 0.724. The Morgan fingerprint density at radius 2 is 1.96 bits per heavy atom. The fourth-order valence-electron chi connectivity index (χ4n) is 3.44. The van der Waals surface area contributed by atoms with Crippen LogP contribution in [0.3, 0.4) is 0 Å². The summed E-state index contributed by atoms with van der Waals surface area (Å²) in [7, 11) is 0. The number of morpholine rings is 1. The Morgan fingerprint density at radius 1 is 1.11 bits per heavy atom. The van der Waals surface area contributed by atoms with Crippen LogP contribution in [0.2, 0.25) is 0 Å². The number of anilines is 1. The molecule has 142 valence electrons. The predicted octanol–water partition coefficient (Wildman–Crippen LogP) is 2.73. The fourth-order valence-corrected chi connectivity index (χ4v) is 3.44. The van der Waals surface area contributed by atoms with Crippen LogP contribution in [0.15, 0.2) is 42.7 Å². The molecule has 1 aliphatic heterocycles. The van der Waals surface area contributed by atoms with E-state index >= 15 is 0 Å². The summed E-state index contributed by atoms with van der Waals surface area (Å²) in [5.74, 6) is 1.32. The van der Waals surface area contributed by atoms with Crippen LogP contribution in [0.1, 0.15) is 37.2 Å². The lowest BCUT2D eigenvalue weighted by Crippen LogP contribution is -2.42. The first-order valence-corrected chi connectivity index (χ1v) is 9.53. The van der Waals surface area contributed by atoms with Crippen molar-refractivity contribution in [3.05, 3.63) is 54.1 Å². The maximum Gasteiger partial charge on any atom is 0.157 e. The smallest absolute Gasteiger partial charge is 0.157 e. The van der Waals surface area contributed by atoms with Crippen molar-refractivity contribution in [3.8, 4) is 0 Å². The monoisotopic (exact) mass is 366 g/mol. The van der Waals surface area contributed by atoms with Gasteiger partial charge in [0, 0.05) is 43.7 Å². The normalized spacial score (nSPS) is 16.7. The largest absolute Gasteiger partial charge is 0.379 e. The Labute approximate surface area is 159 Å². The molecule has 0 amide bonds. The van der Waals surface area contributed by atoms with Gasteiger partial charge in [0.1, 0.15) is 5.82 Å². The third-order valence-electron chi connectivity index (χ3n) is 4.96. The molecular weight excluding hydrogens is 340 g/mol. The van der Waals surface area contributed by atoms with Gasteiger partial charge in [0.2, 0.25) is 0 Å². The summed E-state index contributed by atoms with van der Waals surface area (Å²) in [6.45, 7) is 8.40. The van der Waals surface area contributed by atoms with Crippen molar-refractivity contribution in [2.75, 3.05) is 38.2 Å². The van der Waals surface area contributed by atoms with Crippen molar-refractivity contribution >= 4 is 11.5 Å². The van der Waals surface area contributed by atoms with E-state index in [9.17, 15) is 0 Å². The van der Waals surface area contributed by atoms with E-state index in [0.29, 0.717) is 5.92 Å². The number of ether oxygens (including phenoxy) is 1. The highest BCUT2D eigenvalue weighted by Gasteiger charge is 2.24. The number of rotatable bonds is 6. The topological polar surface area (TPSA) is 67.6 Å². The van der Waals surface area contributed by atoms with Crippen molar-refractivity contribution < 1.29 is 4.74 Å². The van der Waals surface area contributed by atoms with Gasteiger partial charge in [-0.1, -0.05) is 19.9 Å². The van der Waals surface area contributed by atoms with Gasteiger partial charge in [-0.05, 0) is 18.1 Å². The molecule has 0 radical (unpaired) electrons. The molecule has 0 bridgehead atoms. The molecule has 4 heterocycles. The van der Waals surface area contributed by atoms with E-state index in [1.807, 2.05) is 28.9 Å². The number of pyridine rings is 1. The summed E-state index contributed by atoms with van der Waals surface area (Å²) in [5, 5.41) is 8.03. The summed E-state index contributed by atoms with van der Waals surface area (Å²) < 4.78 is 7.39. The standard InChI is InChI=1S/C20H26N6O/c1-15(2)17-13-20(26-19(24-17)6-8-23-26)22-14-18(16-5-3-4-7-21-16)25-9-11-27-12-10-25/h3-8,13,15,18,22H,9-12,14H2,1-2H3/t18-/m0/s1. The first kappa shape index (κ1) is 17.9. The molecule has 0 aromatic carbocycles. The van der Waals surface area contributed by atoms with Crippen molar-refractivity contribution in [1.29, 1.82) is 0 Å². The zero-order valence-corrected chi connectivity index (χ0v) is 15.9. The van der Waals surface area contributed by atoms with Gasteiger partial charge in [0.05, 0.1) is 31.1 Å². The Balaban J connectivity index is 1.61. The number of nitrogens with zero attached hydrogens (tertiary/aromatic N) is 5. The molecule has 4 rings (SSSR count). The molecule has 0 saturated carbocycles. The number of hydrogen-bond acceptors (Lipinski definition) is 6. The van der Waals surface area contributed by atoms with Gasteiger partial charge in [0.25, 0.3) is 0 Å². The minimum absolute atomic E-state index is 0.177. The minimum atomic E-state index is 0.177. The van der Waals surface area contributed by atoms with Gasteiger partial charge in [0.15, 0.2) is 5.65 Å². The van der Waals surface area contributed by atoms with E-state index in [-0.39, 0.29) is 6.04 Å². The van der Waals surface area contributed by atoms with Gasteiger partial charge < -0.3 is 10.1 Å². The van der Waals surface area contributed by atoms with E-state index in [4.69, 9.17) is 9.72 Å². The molecule has 1 aliphatic rings. The number of hydrogen-bond donors (Lipinski definition) is 1. The van der Waals surface area contributed by atoms with Crippen molar-refractivity contribution in [2.24, 2.45) is 0 Å². The molecule has 3 aromatic heterocycles. The van der Waals surface area contributed by atoms with Crippen LogP contribution in [0.25, 0.3) is 5.65 Å². The SMILES string of the molecule is CC(C)c1cc(NC[C@@H](c2ccccn2)N2CCOCC2)n2nccc2n1. The second-order valence-corrected chi connectivity index (χ2v) is 7.12. The maximum absolute atomic E-state index is 5.53. The van der Waals surface area contributed by atoms with Crippen LogP contribution >= 0.6 is 0 Å². The third kappa shape index (κ3) is 3.94. The Kier molecular flexibility index (Phi) is 5.31. The Bertz CT molecular complexity index is 873. The first-order valence-electron chi connectivity index (χ1n) is 9.53. The summed E-state index contributed by atoms with van der Waals surface area (Å²) in [5.41, 5.74) is 3.00. The maximum atomic E-state index is 5.53. The van der Waals surface area contributed by atoms with Crippen LogP contribution < -0.4 is 5.32 Å². The lowest BCUT2D eigenvalue weighted by Gasteiger charge is -2.34. The highest BCUT2D eigenvalue weighted by Crippen LogP contribution is 2.23. The van der Waals surface area contributed by atoms with Gasteiger partial charge in [-0.2, -0.15) is 9.61 Å². The van der Waals surface area contributed by atoms with Crippen LogP contribution in [0.5, 0.6) is 0 Å². The lowest BCUT2D eigenvalue weighted by molar-refractivity contribution is 0.0179. The Hall–Kier alpha value is -2.51. The van der Waals surface area contributed by atoms with E-state index in [1.165, 1.54) is 0 Å². The molecule has 1 fully saturated rings. The van der Waals surface area contributed by atoms with Crippen molar-refractivity contribution in [2.45, 2.75) is 25.8 Å². The van der Waals surface area contributed by atoms with E-state index in [2.05, 4.69) is 46.3 Å². The zero-order chi connectivity index (χ0) is 18.6. The molecular formula is C20H26N6O. The zero-order valence-electron chi connectivity index (χ0n) is 15.9. The summed E-state index contributed by atoms with van der Waals surface area (Å²) in [4.78, 5) is 11.7. The highest BCUT2D eigenvalue weighted by atomic mass is 16.5. The Morgan fingerprint density at radius 3 is 2.70 bits per heavy atom. The molecule has 7 nitrogen and oxygen atoms in total. The molecule has 27 heavy (non-hydrogen) atoms. The molecule has 1 atom stereocenters. The molecule has 0 aliphatic carbocycles. The highest BCUT2D eigenvalue weighted by molar-refractivity contribution is 5.49. The average Bonchev–Trinajstić information content (AvgIpc) is 3.18. The van der Waals surface area contributed by atoms with Crippen LogP contribution in [-0.4, -0.2) is 57.3 Å². The second-order valence-electron chi connectivity index (χ2n) is 7.12. The molecule has 7 heteroatoms. The van der Waals surface area contributed by atoms with Crippen LogP contribution in [0, 0.1) is 0 Å². The number of aromatic nitrogens is 4. The van der Waals surface area contributed by atoms with Gasteiger partial charge in [-0.3, -0.25) is 9.88 Å². The van der Waals surface area contributed by atoms with E-state index < -0.39 is 0 Å².